The van der Waals surface area contributed by atoms with Crippen molar-refractivity contribution in [2.24, 2.45) is 10.9 Å². The summed E-state index contributed by atoms with van der Waals surface area (Å²) in [6, 6.07) is -0.698. The van der Waals surface area contributed by atoms with Gasteiger partial charge < -0.3 is 20.8 Å². The maximum Gasteiger partial charge on any atom is 0.353 e. The van der Waals surface area contributed by atoms with Crippen molar-refractivity contribution >= 4 is 35.8 Å². The number of carboxylic acids is 2. The number of amides is 1. The Hall–Kier alpha value is -2.07. The van der Waals surface area contributed by atoms with E-state index in [4.69, 9.17) is 10.8 Å². The molecule has 0 saturated carbocycles. The van der Waals surface area contributed by atoms with E-state index in [-0.39, 0.29) is 16.6 Å². The van der Waals surface area contributed by atoms with Gasteiger partial charge in [-0.15, -0.1) is 11.8 Å². The summed E-state index contributed by atoms with van der Waals surface area (Å²) in [5.74, 6) is -2.63. The summed E-state index contributed by atoms with van der Waals surface area (Å²) >= 11 is 1.31. The third-order valence-electron chi connectivity index (χ3n) is 2.71. The van der Waals surface area contributed by atoms with Crippen LogP contribution < -0.4 is 5.73 Å². The number of rotatable bonds is 5. The third-order valence-corrected chi connectivity index (χ3v) is 4.04. The number of carbonyl (C=O) groups is 3. The van der Waals surface area contributed by atoms with Crippen LogP contribution >= 0.6 is 11.8 Å². The van der Waals surface area contributed by atoms with E-state index in [9.17, 15) is 19.5 Å². The number of hydrogen-bond acceptors (Lipinski definition) is 7. The lowest BCUT2D eigenvalue weighted by Gasteiger charge is -2.47. The molecule has 10 heteroatoms. The van der Waals surface area contributed by atoms with Crippen molar-refractivity contribution in [1.82, 2.24) is 4.90 Å². The van der Waals surface area contributed by atoms with E-state index >= 15 is 0 Å². The fraction of sp³-hybridized carbons (Fsp3) is 0.400. The van der Waals surface area contributed by atoms with Crippen molar-refractivity contribution in [3.63, 3.8) is 0 Å². The molecule has 1 fully saturated rings. The van der Waals surface area contributed by atoms with Gasteiger partial charge in [-0.3, -0.25) is 9.69 Å². The number of hydrogen-bond donors (Lipinski definition) is 3. The van der Waals surface area contributed by atoms with Gasteiger partial charge in [0, 0.05) is 11.3 Å². The van der Waals surface area contributed by atoms with E-state index in [0.29, 0.717) is 5.75 Å². The first-order valence-electron chi connectivity index (χ1n) is 5.47. The van der Waals surface area contributed by atoms with E-state index in [1.54, 1.807) is 0 Å². The molecule has 2 aliphatic heterocycles. The highest BCUT2D eigenvalue weighted by atomic mass is 32.2. The molecule has 20 heavy (non-hydrogen) atoms. The Bertz CT molecular complexity index is 531. The van der Waals surface area contributed by atoms with Crippen molar-refractivity contribution in [3.05, 3.63) is 11.3 Å². The first kappa shape index (κ1) is 14.3. The van der Waals surface area contributed by atoms with Gasteiger partial charge in [0.25, 0.3) is 0 Å². The van der Waals surface area contributed by atoms with Crippen LogP contribution in [0.5, 0.6) is 0 Å². The van der Waals surface area contributed by atoms with Crippen LogP contribution in [0.1, 0.15) is 0 Å². The summed E-state index contributed by atoms with van der Waals surface area (Å²) in [7, 11) is 0. The second kappa shape index (κ2) is 5.51. The Morgan fingerprint density at radius 1 is 1.55 bits per heavy atom. The molecule has 0 aromatic carbocycles. The van der Waals surface area contributed by atoms with Gasteiger partial charge in [-0.25, -0.2) is 9.59 Å². The molecule has 0 aromatic heterocycles. The standard InChI is InChI=1S/C10H11N3O6S/c11-6-8(16)13-7(10(17)18)4(3-20-9(6)13)1-12-19-2-5(14)15/h1,6,9H,2-3,11H2,(H,14,15)(H,17,18)/t6?,9-/m1/s1. The molecule has 1 amide bonds. The van der Waals surface area contributed by atoms with Gasteiger partial charge >= 0.3 is 11.9 Å². The van der Waals surface area contributed by atoms with Crippen LogP contribution in [-0.4, -0.2) is 62.9 Å². The summed E-state index contributed by atoms with van der Waals surface area (Å²) < 4.78 is 0. The molecule has 2 heterocycles. The Balaban J connectivity index is 2.18. The molecule has 0 radical (unpaired) electrons. The van der Waals surface area contributed by atoms with Crippen molar-refractivity contribution in [1.29, 1.82) is 0 Å². The number of thioether (sulfide) groups is 1. The van der Waals surface area contributed by atoms with Gasteiger partial charge in [0.2, 0.25) is 12.5 Å². The molecule has 4 N–H and O–H groups in total. The molecule has 108 valence electrons. The second-order valence-corrected chi connectivity index (χ2v) is 5.12. The summed E-state index contributed by atoms with van der Waals surface area (Å²) in [6.45, 7) is -0.629. The molecule has 9 nitrogen and oxygen atoms in total. The normalized spacial score (nSPS) is 25.4. The summed E-state index contributed by atoms with van der Waals surface area (Å²) in [4.78, 5) is 38.7. The fourth-order valence-electron chi connectivity index (χ4n) is 1.83. The number of carbonyl (C=O) groups excluding carboxylic acids is 1. The Morgan fingerprint density at radius 2 is 2.25 bits per heavy atom. The highest BCUT2D eigenvalue weighted by Gasteiger charge is 2.51. The van der Waals surface area contributed by atoms with E-state index in [2.05, 4.69) is 9.99 Å². The van der Waals surface area contributed by atoms with Crippen molar-refractivity contribution in [2.45, 2.75) is 11.4 Å². The number of carboxylic acid groups (broad SMARTS) is 2. The molecule has 2 atom stereocenters. The van der Waals surface area contributed by atoms with E-state index < -0.39 is 30.5 Å². The first-order valence-corrected chi connectivity index (χ1v) is 6.52. The van der Waals surface area contributed by atoms with E-state index in [1.165, 1.54) is 11.8 Å². The number of nitrogens with two attached hydrogens (primary N) is 1. The summed E-state index contributed by atoms with van der Waals surface area (Å²) in [5.41, 5.74) is 5.66. The van der Waals surface area contributed by atoms with Crippen LogP contribution in [0.3, 0.4) is 0 Å². The highest BCUT2D eigenvalue weighted by Crippen LogP contribution is 2.38. The number of nitrogens with zero attached hydrogens (tertiary/aromatic N) is 2. The molecule has 0 spiro atoms. The Morgan fingerprint density at radius 3 is 2.85 bits per heavy atom. The largest absolute Gasteiger partial charge is 0.479 e. The third kappa shape index (κ3) is 2.47. The van der Waals surface area contributed by atoms with E-state index in [0.717, 1.165) is 11.1 Å². The van der Waals surface area contributed by atoms with Crippen LogP contribution in [-0.2, 0) is 19.2 Å². The molecule has 2 rings (SSSR count). The minimum atomic E-state index is -1.27. The predicted molar refractivity (Wildman–Crippen MR) is 67.8 cm³/mol. The zero-order valence-corrected chi connectivity index (χ0v) is 10.9. The van der Waals surface area contributed by atoms with E-state index in [1.807, 2.05) is 0 Å². The lowest BCUT2D eigenvalue weighted by atomic mass is 10.0. The molecule has 1 saturated heterocycles. The number of aliphatic carboxylic acids is 2. The maximum atomic E-state index is 11.6. The molecule has 0 bridgehead atoms. The second-order valence-electron chi connectivity index (χ2n) is 4.02. The molecule has 1 unspecified atom stereocenters. The Kier molecular flexibility index (Phi) is 3.95. The highest BCUT2D eigenvalue weighted by molar-refractivity contribution is 8.00. The molecular formula is C10H11N3O6S. The van der Waals surface area contributed by atoms with Gasteiger partial charge in [0.15, 0.2) is 0 Å². The number of fused-ring (bicyclic) bond motifs is 1. The average Bonchev–Trinajstić information content (AvgIpc) is 2.41. The first-order chi connectivity index (χ1) is 9.43. The quantitative estimate of drug-likeness (QED) is 0.321. The van der Waals surface area contributed by atoms with Gasteiger partial charge in [0.05, 0.1) is 6.21 Å². The summed E-state index contributed by atoms with van der Waals surface area (Å²) in [5, 5.41) is 20.5. The van der Waals surface area contributed by atoms with Gasteiger partial charge in [0.1, 0.15) is 17.1 Å². The zero-order chi connectivity index (χ0) is 14.9. The van der Waals surface area contributed by atoms with Crippen LogP contribution in [0.25, 0.3) is 0 Å². The zero-order valence-electron chi connectivity index (χ0n) is 10.1. The number of β-lactam (4-membered cyclic amide) rings is 1. The van der Waals surface area contributed by atoms with Crippen LogP contribution in [0, 0.1) is 0 Å². The molecule has 0 aromatic rings. The van der Waals surface area contributed by atoms with Crippen LogP contribution in [0.4, 0.5) is 0 Å². The lowest BCUT2D eigenvalue weighted by Crippen LogP contribution is -2.68. The predicted octanol–water partition coefficient (Wildman–Crippen LogP) is -1.35. The fourth-order valence-corrected chi connectivity index (χ4v) is 3.08. The van der Waals surface area contributed by atoms with Crippen LogP contribution in [0.2, 0.25) is 0 Å². The Labute approximate surface area is 117 Å². The van der Waals surface area contributed by atoms with Crippen molar-refractivity contribution < 1.29 is 29.4 Å². The molecule has 0 aliphatic carbocycles. The topological polar surface area (TPSA) is 143 Å². The maximum absolute atomic E-state index is 11.6. The van der Waals surface area contributed by atoms with Gasteiger partial charge in [-0.05, 0) is 0 Å². The van der Waals surface area contributed by atoms with Crippen molar-refractivity contribution in [2.75, 3.05) is 12.4 Å². The van der Waals surface area contributed by atoms with Crippen molar-refractivity contribution in [3.8, 4) is 0 Å². The van der Waals surface area contributed by atoms with Crippen LogP contribution in [0.15, 0.2) is 16.4 Å². The molecule has 2 aliphatic rings. The average molecular weight is 301 g/mol. The minimum Gasteiger partial charge on any atom is -0.479 e. The monoisotopic (exact) mass is 301 g/mol. The number of oxime groups is 1. The lowest BCUT2D eigenvalue weighted by molar-refractivity contribution is -0.147. The summed E-state index contributed by atoms with van der Waals surface area (Å²) in [6.07, 6.45) is 1.10. The molecular weight excluding hydrogens is 290 g/mol. The van der Waals surface area contributed by atoms with Gasteiger partial charge in [-0.1, -0.05) is 5.16 Å². The smallest absolute Gasteiger partial charge is 0.353 e. The van der Waals surface area contributed by atoms with Gasteiger partial charge in [-0.2, -0.15) is 0 Å². The SMILES string of the molecule is NC1C(=O)N2C(C(=O)O)=C(C=NOCC(=O)O)CS[C@H]12. The minimum absolute atomic E-state index is 0.192.